The maximum Gasteiger partial charge on any atom is 0.325 e. The van der Waals surface area contributed by atoms with Crippen LogP contribution in [-0.2, 0) is 9.53 Å². The van der Waals surface area contributed by atoms with Gasteiger partial charge in [-0.2, -0.15) is 0 Å². The summed E-state index contributed by atoms with van der Waals surface area (Å²) < 4.78 is 23.3. The third kappa shape index (κ3) is 4.81. The molecule has 5 heteroatoms. The Hall–Kier alpha value is -1.62. The molecule has 1 rings (SSSR count). The Morgan fingerprint density at radius 3 is 2.70 bits per heavy atom. The molecular formula is C15H22FNO3. The van der Waals surface area contributed by atoms with Crippen LogP contribution in [0, 0.1) is 5.82 Å². The van der Waals surface area contributed by atoms with Gasteiger partial charge >= 0.3 is 5.97 Å². The van der Waals surface area contributed by atoms with Gasteiger partial charge < -0.3 is 9.47 Å². The van der Waals surface area contributed by atoms with Crippen molar-refractivity contribution in [2.75, 3.05) is 13.7 Å². The Kier molecular flexibility index (Phi) is 5.95. The number of hydrogen-bond donors (Lipinski definition) is 1. The summed E-state index contributed by atoms with van der Waals surface area (Å²) in [6, 6.07) is 6.05. The van der Waals surface area contributed by atoms with Gasteiger partial charge in [-0.3, -0.25) is 10.1 Å². The predicted molar refractivity (Wildman–Crippen MR) is 75.2 cm³/mol. The van der Waals surface area contributed by atoms with Crippen molar-refractivity contribution in [3.8, 4) is 5.75 Å². The van der Waals surface area contributed by atoms with E-state index in [0.29, 0.717) is 12.2 Å². The third-order valence-corrected chi connectivity index (χ3v) is 2.91. The number of benzene rings is 1. The SMILES string of the molecule is COC(=O)C(C)(CCOc1cccc(F)c1)NC(C)C. The van der Waals surface area contributed by atoms with Crippen molar-refractivity contribution in [3.63, 3.8) is 0 Å². The van der Waals surface area contributed by atoms with Gasteiger partial charge in [0.25, 0.3) is 0 Å². The molecule has 1 aromatic rings. The van der Waals surface area contributed by atoms with E-state index in [-0.39, 0.29) is 24.4 Å². The second-order valence-electron chi connectivity index (χ2n) is 5.18. The normalized spacial score (nSPS) is 13.9. The summed E-state index contributed by atoms with van der Waals surface area (Å²) >= 11 is 0. The molecule has 0 fully saturated rings. The molecule has 0 aromatic heterocycles. The van der Waals surface area contributed by atoms with Crippen LogP contribution in [0.25, 0.3) is 0 Å². The van der Waals surface area contributed by atoms with Crippen LogP contribution >= 0.6 is 0 Å². The standard InChI is InChI=1S/C15H22FNO3/c1-11(2)17-15(3,14(18)19-4)8-9-20-13-7-5-6-12(16)10-13/h5-7,10-11,17H,8-9H2,1-4H3. The third-order valence-electron chi connectivity index (χ3n) is 2.91. The zero-order chi connectivity index (χ0) is 15.2. The average molecular weight is 283 g/mol. The lowest BCUT2D eigenvalue weighted by molar-refractivity contribution is -0.148. The highest BCUT2D eigenvalue weighted by Crippen LogP contribution is 2.16. The van der Waals surface area contributed by atoms with Crippen molar-refractivity contribution in [3.05, 3.63) is 30.1 Å². The molecule has 4 nitrogen and oxygen atoms in total. The van der Waals surface area contributed by atoms with Gasteiger partial charge in [-0.15, -0.1) is 0 Å². The molecule has 0 aliphatic rings. The molecule has 0 amide bonds. The first kappa shape index (κ1) is 16.4. The monoisotopic (exact) mass is 283 g/mol. The van der Waals surface area contributed by atoms with Crippen molar-refractivity contribution in [1.29, 1.82) is 0 Å². The molecule has 0 heterocycles. The number of hydrogen-bond acceptors (Lipinski definition) is 4. The number of esters is 1. The van der Waals surface area contributed by atoms with E-state index in [1.165, 1.54) is 19.2 Å². The van der Waals surface area contributed by atoms with Gasteiger partial charge in [0.05, 0.1) is 13.7 Å². The molecule has 0 saturated heterocycles. The number of carbonyl (C=O) groups excluding carboxylic acids is 1. The summed E-state index contributed by atoms with van der Waals surface area (Å²) in [5.74, 6) is -0.241. The van der Waals surface area contributed by atoms with Crippen LogP contribution in [0.2, 0.25) is 0 Å². The number of nitrogens with one attached hydrogen (secondary N) is 1. The second-order valence-corrected chi connectivity index (χ2v) is 5.18. The van der Waals surface area contributed by atoms with E-state index < -0.39 is 5.54 Å². The van der Waals surface area contributed by atoms with Crippen LogP contribution in [0.15, 0.2) is 24.3 Å². The molecule has 0 bridgehead atoms. The minimum Gasteiger partial charge on any atom is -0.493 e. The van der Waals surface area contributed by atoms with Crippen LogP contribution < -0.4 is 10.1 Å². The molecule has 20 heavy (non-hydrogen) atoms. The van der Waals surface area contributed by atoms with Crippen molar-refractivity contribution in [2.24, 2.45) is 0 Å². The first-order valence-corrected chi connectivity index (χ1v) is 6.62. The van der Waals surface area contributed by atoms with E-state index in [4.69, 9.17) is 9.47 Å². The van der Waals surface area contributed by atoms with E-state index in [9.17, 15) is 9.18 Å². The molecule has 1 N–H and O–H groups in total. The summed E-state index contributed by atoms with van der Waals surface area (Å²) in [5, 5.41) is 3.18. The lowest BCUT2D eigenvalue weighted by Gasteiger charge is -2.30. The number of ether oxygens (including phenoxy) is 2. The number of rotatable bonds is 7. The molecular weight excluding hydrogens is 261 g/mol. The predicted octanol–water partition coefficient (Wildman–Crippen LogP) is 2.52. The zero-order valence-electron chi connectivity index (χ0n) is 12.4. The molecule has 0 spiro atoms. The van der Waals surface area contributed by atoms with Crippen LogP contribution in [-0.4, -0.2) is 31.3 Å². The Morgan fingerprint density at radius 1 is 1.45 bits per heavy atom. The van der Waals surface area contributed by atoms with Crippen LogP contribution in [0.3, 0.4) is 0 Å². The van der Waals surface area contributed by atoms with Gasteiger partial charge in [-0.1, -0.05) is 6.07 Å². The van der Waals surface area contributed by atoms with E-state index in [0.717, 1.165) is 0 Å². The summed E-state index contributed by atoms with van der Waals surface area (Å²) in [6.45, 7) is 5.96. The van der Waals surface area contributed by atoms with Gasteiger partial charge in [0.2, 0.25) is 0 Å². The van der Waals surface area contributed by atoms with Crippen molar-refractivity contribution in [1.82, 2.24) is 5.32 Å². The Morgan fingerprint density at radius 2 is 2.15 bits per heavy atom. The minimum absolute atomic E-state index is 0.133. The second kappa shape index (κ2) is 7.24. The fourth-order valence-corrected chi connectivity index (χ4v) is 2.03. The molecule has 0 aliphatic carbocycles. The molecule has 1 unspecified atom stereocenters. The first-order valence-electron chi connectivity index (χ1n) is 6.62. The summed E-state index contributed by atoms with van der Waals surface area (Å²) in [4.78, 5) is 11.9. The number of methoxy groups -OCH3 is 1. The van der Waals surface area contributed by atoms with Gasteiger partial charge in [0, 0.05) is 18.5 Å². The van der Waals surface area contributed by atoms with Gasteiger partial charge in [0.15, 0.2) is 0 Å². The average Bonchev–Trinajstić information content (AvgIpc) is 2.37. The highest BCUT2D eigenvalue weighted by molar-refractivity contribution is 5.80. The van der Waals surface area contributed by atoms with Gasteiger partial charge in [0.1, 0.15) is 17.1 Å². The van der Waals surface area contributed by atoms with E-state index in [1.807, 2.05) is 13.8 Å². The number of halogens is 1. The minimum atomic E-state index is -0.823. The first-order chi connectivity index (χ1) is 9.37. The molecule has 1 aromatic carbocycles. The zero-order valence-corrected chi connectivity index (χ0v) is 12.4. The lowest BCUT2D eigenvalue weighted by atomic mass is 9.97. The molecule has 0 radical (unpaired) electrons. The fraction of sp³-hybridized carbons (Fsp3) is 0.533. The highest BCUT2D eigenvalue weighted by atomic mass is 19.1. The summed E-state index contributed by atoms with van der Waals surface area (Å²) in [6.07, 6.45) is 0.425. The van der Waals surface area contributed by atoms with Crippen molar-refractivity contribution in [2.45, 2.75) is 38.8 Å². The maximum absolute atomic E-state index is 13.0. The van der Waals surface area contributed by atoms with E-state index in [1.54, 1.807) is 19.1 Å². The molecule has 0 saturated carbocycles. The molecule has 0 aliphatic heterocycles. The van der Waals surface area contributed by atoms with Gasteiger partial charge in [-0.05, 0) is 32.9 Å². The van der Waals surface area contributed by atoms with E-state index >= 15 is 0 Å². The Balaban J connectivity index is 2.60. The highest BCUT2D eigenvalue weighted by Gasteiger charge is 2.34. The smallest absolute Gasteiger partial charge is 0.325 e. The van der Waals surface area contributed by atoms with Gasteiger partial charge in [-0.25, -0.2) is 4.39 Å². The fourth-order valence-electron chi connectivity index (χ4n) is 2.03. The largest absolute Gasteiger partial charge is 0.493 e. The molecule has 112 valence electrons. The lowest BCUT2D eigenvalue weighted by Crippen LogP contribution is -2.53. The van der Waals surface area contributed by atoms with Crippen LogP contribution in [0.4, 0.5) is 4.39 Å². The quantitative estimate of drug-likeness (QED) is 0.781. The maximum atomic E-state index is 13.0. The Labute approximate surface area is 119 Å². The summed E-state index contributed by atoms with van der Waals surface area (Å²) in [7, 11) is 1.36. The van der Waals surface area contributed by atoms with Crippen LogP contribution in [0.5, 0.6) is 5.75 Å². The van der Waals surface area contributed by atoms with Crippen LogP contribution in [0.1, 0.15) is 27.2 Å². The summed E-state index contributed by atoms with van der Waals surface area (Å²) in [5.41, 5.74) is -0.823. The van der Waals surface area contributed by atoms with Crippen molar-refractivity contribution >= 4 is 5.97 Å². The topological polar surface area (TPSA) is 47.6 Å². The van der Waals surface area contributed by atoms with Crippen molar-refractivity contribution < 1.29 is 18.7 Å². The Bertz CT molecular complexity index is 450. The van der Waals surface area contributed by atoms with E-state index in [2.05, 4.69) is 5.32 Å². The molecule has 1 atom stereocenters. The number of carbonyl (C=O) groups is 1.